The maximum absolute atomic E-state index is 11.4. The molecule has 0 saturated heterocycles. The molecule has 1 aromatic carbocycles. The first-order chi connectivity index (χ1) is 8.93. The minimum atomic E-state index is -0.953. The summed E-state index contributed by atoms with van der Waals surface area (Å²) in [5, 5.41) is 10.2. The molecular weight excluding hydrogens is 258 g/mol. The lowest BCUT2D eigenvalue weighted by molar-refractivity contribution is 0.0692. The number of nitrogens with zero attached hydrogens (tertiary/aromatic N) is 1. The molecule has 100 valence electrons. The minimum Gasteiger partial charge on any atom is -0.476 e. The zero-order chi connectivity index (χ0) is 14.2. The average Bonchev–Trinajstić information content (AvgIpc) is 2.71. The fraction of sp³-hybridized carbons (Fsp3) is 0.333. The molecule has 0 unspecified atom stereocenters. The van der Waals surface area contributed by atoms with Crippen molar-refractivity contribution in [2.45, 2.75) is 34.1 Å². The molecule has 1 N–H and O–H groups in total. The van der Waals surface area contributed by atoms with Crippen LogP contribution in [0.2, 0.25) is 0 Å². The molecule has 0 aliphatic rings. The van der Waals surface area contributed by atoms with E-state index in [2.05, 4.69) is 17.1 Å². The molecular formula is C15H17NO2S. The van der Waals surface area contributed by atoms with Crippen LogP contribution < -0.4 is 0 Å². The molecule has 0 bridgehead atoms. The summed E-state index contributed by atoms with van der Waals surface area (Å²) in [6.07, 6.45) is 0.759. The number of carboxylic acids is 1. The molecule has 0 atom stereocenters. The van der Waals surface area contributed by atoms with Crippen molar-refractivity contribution in [3.8, 4) is 10.4 Å². The molecule has 2 aromatic rings. The van der Waals surface area contributed by atoms with E-state index < -0.39 is 5.97 Å². The van der Waals surface area contributed by atoms with Crippen LogP contribution in [0.3, 0.4) is 0 Å². The molecule has 1 heterocycles. The third kappa shape index (κ3) is 2.54. The standard InChI is InChI=1S/C15H17NO2S/c1-5-11-16-13(15(17)18)14(19-11)12-9(3)6-8(2)7-10(12)4/h6-7H,5H2,1-4H3,(H,17,18). The number of aromatic carboxylic acids is 1. The Morgan fingerprint density at radius 2 is 1.84 bits per heavy atom. The molecule has 0 radical (unpaired) electrons. The first kappa shape index (κ1) is 13.7. The third-order valence-electron chi connectivity index (χ3n) is 3.08. The quantitative estimate of drug-likeness (QED) is 0.921. The van der Waals surface area contributed by atoms with Gasteiger partial charge in [-0.05, 0) is 38.3 Å². The highest BCUT2D eigenvalue weighted by molar-refractivity contribution is 7.15. The van der Waals surface area contributed by atoms with Crippen LogP contribution in [0.1, 0.15) is 39.1 Å². The number of carboxylic acid groups (broad SMARTS) is 1. The molecule has 0 aliphatic heterocycles. The van der Waals surface area contributed by atoms with Crippen molar-refractivity contribution in [1.82, 2.24) is 4.98 Å². The number of hydrogen-bond donors (Lipinski definition) is 1. The second-order valence-electron chi connectivity index (χ2n) is 4.72. The molecule has 19 heavy (non-hydrogen) atoms. The summed E-state index contributed by atoms with van der Waals surface area (Å²) in [5.74, 6) is -0.953. The fourth-order valence-corrected chi connectivity index (χ4v) is 3.54. The van der Waals surface area contributed by atoms with Gasteiger partial charge < -0.3 is 5.11 Å². The Bertz CT molecular complexity index is 621. The van der Waals surface area contributed by atoms with Crippen molar-refractivity contribution in [3.63, 3.8) is 0 Å². The van der Waals surface area contributed by atoms with Crippen LogP contribution in [0.4, 0.5) is 0 Å². The Morgan fingerprint density at radius 1 is 1.26 bits per heavy atom. The van der Waals surface area contributed by atoms with Crippen LogP contribution in [-0.4, -0.2) is 16.1 Å². The molecule has 0 spiro atoms. The molecule has 3 nitrogen and oxygen atoms in total. The largest absolute Gasteiger partial charge is 0.476 e. The number of rotatable bonds is 3. The van der Waals surface area contributed by atoms with Gasteiger partial charge in [-0.1, -0.05) is 24.6 Å². The summed E-state index contributed by atoms with van der Waals surface area (Å²) in [4.78, 5) is 16.4. The monoisotopic (exact) mass is 275 g/mol. The second kappa shape index (κ2) is 5.13. The predicted molar refractivity (Wildman–Crippen MR) is 78.1 cm³/mol. The van der Waals surface area contributed by atoms with Gasteiger partial charge in [-0.25, -0.2) is 9.78 Å². The van der Waals surface area contributed by atoms with Gasteiger partial charge >= 0.3 is 5.97 Å². The van der Waals surface area contributed by atoms with Gasteiger partial charge in [0.1, 0.15) is 0 Å². The van der Waals surface area contributed by atoms with Crippen molar-refractivity contribution in [1.29, 1.82) is 0 Å². The van der Waals surface area contributed by atoms with Gasteiger partial charge in [-0.2, -0.15) is 0 Å². The lowest BCUT2D eigenvalue weighted by Crippen LogP contribution is -2.00. The van der Waals surface area contributed by atoms with Crippen LogP contribution in [0.15, 0.2) is 12.1 Å². The highest BCUT2D eigenvalue weighted by Crippen LogP contribution is 2.35. The number of aromatic nitrogens is 1. The number of aryl methyl sites for hydroxylation is 4. The fourth-order valence-electron chi connectivity index (χ4n) is 2.37. The van der Waals surface area contributed by atoms with E-state index in [1.54, 1.807) is 0 Å². The van der Waals surface area contributed by atoms with Gasteiger partial charge in [0.05, 0.1) is 9.88 Å². The lowest BCUT2D eigenvalue weighted by Gasteiger charge is -2.10. The van der Waals surface area contributed by atoms with Crippen LogP contribution in [0.25, 0.3) is 10.4 Å². The summed E-state index contributed by atoms with van der Waals surface area (Å²) < 4.78 is 0. The predicted octanol–water partition coefficient (Wildman–Crippen LogP) is 4.00. The van der Waals surface area contributed by atoms with Crippen molar-refractivity contribution in [2.75, 3.05) is 0 Å². The minimum absolute atomic E-state index is 0.178. The summed E-state index contributed by atoms with van der Waals surface area (Å²) in [7, 11) is 0. The van der Waals surface area contributed by atoms with Gasteiger partial charge in [0.15, 0.2) is 5.69 Å². The zero-order valence-corrected chi connectivity index (χ0v) is 12.4. The van der Waals surface area contributed by atoms with E-state index >= 15 is 0 Å². The molecule has 0 saturated carbocycles. The number of carbonyl (C=O) groups is 1. The lowest BCUT2D eigenvalue weighted by atomic mass is 9.98. The van der Waals surface area contributed by atoms with E-state index in [1.165, 1.54) is 16.9 Å². The van der Waals surface area contributed by atoms with Crippen molar-refractivity contribution >= 4 is 17.3 Å². The molecule has 4 heteroatoms. The molecule has 0 amide bonds. The maximum Gasteiger partial charge on any atom is 0.356 e. The number of hydrogen-bond acceptors (Lipinski definition) is 3. The van der Waals surface area contributed by atoms with Crippen LogP contribution in [-0.2, 0) is 6.42 Å². The molecule has 2 rings (SSSR count). The topological polar surface area (TPSA) is 50.2 Å². The summed E-state index contributed by atoms with van der Waals surface area (Å²) in [6, 6.07) is 4.17. The second-order valence-corrected chi connectivity index (χ2v) is 5.80. The van der Waals surface area contributed by atoms with Crippen LogP contribution >= 0.6 is 11.3 Å². The van der Waals surface area contributed by atoms with Gasteiger partial charge in [0, 0.05) is 5.56 Å². The Kier molecular flexibility index (Phi) is 3.71. The Balaban J connectivity index is 2.71. The first-order valence-electron chi connectivity index (χ1n) is 6.25. The van der Waals surface area contributed by atoms with E-state index in [-0.39, 0.29) is 5.69 Å². The molecule has 1 aromatic heterocycles. The smallest absolute Gasteiger partial charge is 0.356 e. The Labute approximate surface area is 116 Å². The van der Waals surface area contributed by atoms with Crippen molar-refractivity contribution < 1.29 is 9.90 Å². The highest BCUT2D eigenvalue weighted by Gasteiger charge is 2.20. The normalized spacial score (nSPS) is 10.7. The highest BCUT2D eigenvalue weighted by atomic mass is 32.1. The summed E-state index contributed by atoms with van der Waals surface area (Å²) >= 11 is 1.48. The SMILES string of the molecule is CCc1nc(C(=O)O)c(-c2c(C)cc(C)cc2C)s1. The van der Waals surface area contributed by atoms with Crippen molar-refractivity contribution in [3.05, 3.63) is 39.5 Å². The Morgan fingerprint density at radius 3 is 2.32 bits per heavy atom. The van der Waals surface area contributed by atoms with Crippen molar-refractivity contribution in [2.24, 2.45) is 0 Å². The number of thiazole rings is 1. The molecule has 0 aliphatic carbocycles. The molecule has 0 fully saturated rings. The van der Waals surface area contributed by atoms with Gasteiger partial charge in [-0.15, -0.1) is 11.3 Å². The zero-order valence-electron chi connectivity index (χ0n) is 11.6. The van der Waals surface area contributed by atoms with E-state index in [0.29, 0.717) is 0 Å². The Hall–Kier alpha value is -1.68. The first-order valence-corrected chi connectivity index (χ1v) is 7.07. The van der Waals surface area contributed by atoms with Gasteiger partial charge in [0.25, 0.3) is 0 Å². The summed E-state index contributed by atoms with van der Waals surface area (Å²) in [5.41, 5.74) is 4.59. The van der Waals surface area contributed by atoms with Crippen LogP contribution in [0.5, 0.6) is 0 Å². The average molecular weight is 275 g/mol. The maximum atomic E-state index is 11.4. The van der Waals surface area contributed by atoms with Crippen LogP contribution in [0, 0.1) is 20.8 Å². The van der Waals surface area contributed by atoms with E-state index in [0.717, 1.165) is 33.0 Å². The summed E-state index contributed by atoms with van der Waals surface area (Å²) in [6.45, 7) is 8.08. The number of benzene rings is 1. The van der Waals surface area contributed by atoms with E-state index in [4.69, 9.17) is 0 Å². The van der Waals surface area contributed by atoms with E-state index in [1.807, 2.05) is 27.7 Å². The third-order valence-corrected chi connectivity index (χ3v) is 4.30. The van der Waals surface area contributed by atoms with Gasteiger partial charge in [-0.3, -0.25) is 0 Å². The van der Waals surface area contributed by atoms with E-state index in [9.17, 15) is 9.90 Å². The van der Waals surface area contributed by atoms with Gasteiger partial charge in [0.2, 0.25) is 0 Å².